The van der Waals surface area contributed by atoms with Crippen LogP contribution < -0.4 is 10.2 Å². The minimum absolute atomic E-state index is 0.132. The Morgan fingerprint density at radius 1 is 1.15 bits per heavy atom. The number of anilines is 1. The number of carbonyl (C=O) groups excluding carboxylic acids is 3. The third-order valence-corrected chi connectivity index (χ3v) is 4.40. The quantitative estimate of drug-likeness (QED) is 0.348. The number of carbonyl (C=O) groups is 3. The molecule has 0 unspecified atom stereocenters. The molecule has 0 radical (unpaired) electrons. The minimum atomic E-state index is -0.866. The molecule has 136 valence electrons. The molecule has 4 amide bonds. The van der Waals surface area contributed by atoms with Crippen LogP contribution in [0, 0.1) is 17.0 Å². The van der Waals surface area contributed by atoms with E-state index in [-0.39, 0.29) is 16.9 Å². The summed E-state index contributed by atoms with van der Waals surface area (Å²) in [6.45, 7) is 1.58. The van der Waals surface area contributed by atoms with Gasteiger partial charge in [-0.1, -0.05) is 34.1 Å². The van der Waals surface area contributed by atoms with Crippen LogP contribution in [0.15, 0.2) is 52.5 Å². The lowest BCUT2D eigenvalue weighted by Crippen LogP contribution is -2.54. The lowest BCUT2D eigenvalue weighted by atomic mass is 10.0. The molecule has 1 aliphatic heterocycles. The van der Waals surface area contributed by atoms with Crippen LogP contribution in [0.1, 0.15) is 11.1 Å². The molecule has 0 bridgehead atoms. The Morgan fingerprint density at radius 2 is 1.89 bits per heavy atom. The van der Waals surface area contributed by atoms with Gasteiger partial charge in [0.2, 0.25) is 0 Å². The van der Waals surface area contributed by atoms with Gasteiger partial charge in [-0.25, -0.2) is 9.69 Å². The number of nitro groups is 1. The maximum atomic E-state index is 12.8. The van der Waals surface area contributed by atoms with Crippen LogP contribution in [0.4, 0.5) is 16.2 Å². The van der Waals surface area contributed by atoms with Crippen LogP contribution in [0.3, 0.4) is 0 Å². The zero-order valence-corrected chi connectivity index (χ0v) is 15.5. The second-order valence-corrected chi connectivity index (χ2v) is 6.66. The number of halogens is 1. The second kappa shape index (κ2) is 7.12. The number of nitrogens with zero attached hydrogens (tertiary/aromatic N) is 2. The summed E-state index contributed by atoms with van der Waals surface area (Å²) in [6, 6.07) is 9.95. The molecule has 9 heteroatoms. The molecule has 3 rings (SSSR count). The molecule has 0 aromatic heterocycles. The molecule has 27 heavy (non-hydrogen) atoms. The van der Waals surface area contributed by atoms with E-state index in [2.05, 4.69) is 21.2 Å². The number of aryl methyl sites for hydroxylation is 1. The van der Waals surface area contributed by atoms with E-state index in [9.17, 15) is 24.5 Å². The van der Waals surface area contributed by atoms with E-state index >= 15 is 0 Å². The predicted molar refractivity (Wildman–Crippen MR) is 101 cm³/mol. The van der Waals surface area contributed by atoms with E-state index in [1.165, 1.54) is 18.2 Å². The molecule has 2 aromatic carbocycles. The summed E-state index contributed by atoms with van der Waals surface area (Å²) >= 11 is 3.26. The van der Waals surface area contributed by atoms with Crippen LogP contribution in [-0.2, 0) is 9.59 Å². The van der Waals surface area contributed by atoms with Crippen molar-refractivity contribution in [1.82, 2.24) is 5.32 Å². The van der Waals surface area contributed by atoms with Gasteiger partial charge in [0.05, 0.1) is 10.6 Å². The molecule has 0 saturated carbocycles. The van der Waals surface area contributed by atoms with Crippen LogP contribution in [-0.4, -0.2) is 22.8 Å². The number of hydrogen-bond donors (Lipinski definition) is 1. The highest BCUT2D eigenvalue weighted by molar-refractivity contribution is 9.10. The predicted octanol–water partition coefficient (Wildman–Crippen LogP) is 3.33. The van der Waals surface area contributed by atoms with Crippen LogP contribution in [0.5, 0.6) is 0 Å². The molecular weight excluding hydrogens is 418 g/mol. The third-order valence-electron chi connectivity index (χ3n) is 3.91. The lowest BCUT2D eigenvalue weighted by Gasteiger charge is -2.26. The smallest absolute Gasteiger partial charge is 0.273 e. The Bertz CT molecular complexity index is 1030. The summed E-state index contributed by atoms with van der Waals surface area (Å²) in [6.07, 6.45) is 1.22. The van der Waals surface area contributed by atoms with Crippen molar-refractivity contribution in [3.05, 3.63) is 73.8 Å². The summed E-state index contributed by atoms with van der Waals surface area (Å²) in [4.78, 5) is 48.5. The average molecular weight is 430 g/mol. The zero-order chi connectivity index (χ0) is 19.7. The number of hydrogen-bond acceptors (Lipinski definition) is 5. The van der Waals surface area contributed by atoms with Gasteiger partial charge in [-0.3, -0.25) is 25.0 Å². The van der Waals surface area contributed by atoms with E-state index in [4.69, 9.17) is 0 Å². The third kappa shape index (κ3) is 3.63. The van der Waals surface area contributed by atoms with Gasteiger partial charge in [0.25, 0.3) is 17.5 Å². The van der Waals surface area contributed by atoms with E-state index in [1.54, 1.807) is 37.3 Å². The Hall–Kier alpha value is -3.33. The number of benzene rings is 2. The summed E-state index contributed by atoms with van der Waals surface area (Å²) < 4.78 is 0.650. The summed E-state index contributed by atoms with van der Waals surface area (Å²) in [5, 5.41) is 13.2. The maximum Gasteiger partial charge on any atom is 0.335 e. The van der Waals surface area contributed by atoms with Gasteiger partial charge in [0.15, 0.2) is 0 Å². The molecular formula is C18H12BrN3O5. The molecule has 0 aliphatic carbocycles. The lowest BCUT2D eigenvalue weighted by molar-refractivity contribution is -0.385. The number of imide groups is 2. The first kappa shape index (κ1) is 18.5. The Balaban J connectivity index is 2.04. The van der Waals surface area contributed by atoms with E-state index < -0.39 is 22.8 Å². The largest absolute Gasteiger partial charge is 0.335 e. The number of nitro benzene ring substituents is 1. The Morgan fingerprint density at radius 3 is 2.56 bits per heavy atom. The molecule has 0 atom stereocenters. The summed E-state index contributed by atoms with van der Waals surface area (Å²) in [5.74, 6) is -1.68. The fourth-order valence-electron chi connectivity index (χ4n) is 2.59. The van der Waals surface area contributed by atoms with Crippen molar-refractivity contribution >= 4 is 51.2 Å². The molecule has 8 nitrogen and oxygen atoms in total. The van der Waals surface area contributed by atoms with Crippen LogP contribution in [0.25, 0.3) is 6.08 Å². The van der Waals surface area contributed by atoms with Gasteiger partial charge in [0.1, 0.15) is 5.57 Å². The fourth-order valence-corrected chi connectivity index (χ4v) is 2.97. The van der Waals surface area contributed by atoms with Crippen molar-refractivity contribution in [2.45, 2.75) is 6.92 Å². The van der Waals surface area contributed by atoms with Crippen LogP contribution in [0.2, 0.25) is 0 Å². The van der Waals surface area contributed by atoms with Crippen molar-refractivity contribution in [2.24, 2.45) is 0 Å². The highest BCUT2D eigenvalue weighted by Crippen LogP contribution is 2.26. The molecule has 0 spiro atoms. The van der Waals surface area contributed by atoms with Crippen molar-refractivity contribution in [2.75, 3.05) is 4.90 Å². The first-order valence-corrected chi connectivity index (χ1v) is 8.49. The van der Waals surface area contributed by atoms with Gasteiger partial charge in [-0.15, -0.1) is 0 Å². The number of rotatable bonds is 3. The van der Waals surface area contributed by atoms with E-state index in [0.29, 0.717) is 15.6 Å². The van der Waals surface area contributed by atoms with Crippen molar-refractivity contribution < 1.29 is 19.3 Å². The number of nitrogens with one attached hydrogen (secondary N) is 1. The normalized spacial score (nSPS) is 15.9. The Kier molecular flexibility index (Phi) is 4.87. The zero-order valence-electron chi connectivity index (χ0n) is 13.9. The first-order chi connectivity index (χ1) is 12.8. The number of amides is 4. The number of barbiturate groups is 1. The highest BCUT2D eigenvalue weighted by atomic mass is 79.9. The number of urea groups is 1. The summed E-state index contributed by atoms with van der Waals surface area (Å²) in [7, 11) is 0. The molecule has 1 aliphatic rings. The monoisotopic (exact) mass is 429 g/mol. The maximum absolute atomic E-state index is 12.8. The van der Waals surface area contributed by atoms with Gasteiger partial charge in [-0.2, -0.15) is 0 Å². The average Bonchev–Trinajstić information content (AvgIpc) is 2.59. The van der Waals surface area contributed by atoms with Crippen molar-refractivity contribution in [1.29, 1.82) is 0 Å². The fraction of sp³-hybridized carbons (Fsp3) is 0.0556. The van der Waals surface area contributed by atoms with E-state index in [0.717, 1.165) is 4.90 Å². The van der Waals surface area contributed by atoms with Crippen molar-refractivity contribution in [3.8, 4) is 0 Å². The minimum Gasteiger partial charge on any atom is -0.273 e. The standard InChI is InChI=1S/C18H12BrN3O5/c1-10-5-6-11(8-15(10)22(26)27)7-14-16(23)20-18(25)21(17(14)24)13-4-2-3-12(19)9-13/h2-9H,1H3,(H,20,23,25). The molecule has 1 heterocycles. The van der Waals surface area contributed by atoms with E-state index in [1.807, 2.05) is 0 Å². The molecule has 1 saturated heterocycles. The molecule has 2 aromatic rings. The molecule has 1 fully saturated rings. The topological polar surface area (TPSA) is 110 Å². The summed E-state index contributed by atoms with van der Waals surface area (Å²) in [5.41, 5.74) is 0.600. The van der Waals surface area contributed by atoms with Crippen molar-refractivity contribution in [3.63, 3.8) is 0 Å². The SMILES string of the molecule is Cc1ccc(C=C2C(=O)NC(=O)N(c3cccc(Br)c3)C2=O)cc1[N+](=O)[O-]. The van der Waals surface area contributed by atoms with Gasteiger partial charge < -0.3 is 0 Å². The van der Waals surface area contributed by atoms with Gasteiger partial charge in [0, 0.05) is 16.1 Å². The molecule has 1 N–H and O–H groups in total. The van der Waals surface area contributed by atoms with Crippen LogP contribution >= 0.6 is 15.9 Å². The highest BCUT2D eigenvalue weighted by Gasteiger charge is 2.36. The Labute approximate surface area is 161 Å². The van der Waals surface area contributed by atoms with Gasteiger partial charge >= 0.3 is 6.03 Å². The van der Waals surface area contributed by atoms with Gasteiger partial charge in [-0.05, 0) is 36.8 Å². The second-order valence-electron chi connectivity index (χ2n) is 5.74. The first-order valence-electron chi connectivity index (χ1n) is 7.70.